The number of rotatable bonds is 9. The normalized spacial score (nSPS) is 14.6. The molecule has 0 spiro atoms. The van der Waals surface area contributed by atoms with E-state index < -0.39 is 22.5 Å². The molecule has 2 aromatic heterocycles. The van der Waals surface area contributed by atoms with Gasteiger partial charge in [0.2, 0.25) is 0 Å². The first-order valence-electron chi connectivity index (χ1n) is 8.66. The van der Waals surface area contributed by atoms with Crippen LogP contribution in [0.15, 0.2) is 55.4 Å². The fourth-order valence-corrected chi connectivity index (χ4v) is 5.37. The van der Waals surface area contributed by atoms with Crippen molar-refractivity contribution in [1.29, 1.82) is 0 Å². The molecule has 0 bridgehead atoms. The highest BCUT2D eigenvalue weighted by Crippen LogP contribution is 2.41. The molecular formula is C19H20F2N4OS2. The van der Waals surface area contributed by atoms with Crippen molar-refractivity contribution in [3.05, 3.63) is 78.1 Å². The van der Waals surface area contributed by atoms with Crippen LogP contribution in [-0.2, 0) is 18.6 Å². The predicted octanol–water partition coefficient (Wildman–Crippen LogP) is 3.85. The van der Waals surface area contributed by atoms with Gasteiger partial charge in [-0.2, -0.15) is 5.10 Å². The number of aliphatic hydroxyl groups is 1. The fraction of sp³-hybridized carbons (Fsp3) is 0.316. The topological polar surface area (TPSA) is 63.8 Å². The van der Waals surface area contributed by atoms with E-state index in [1.807, 2.05) is 12.1 Å². The van der Waals surface area contributed by atoms with Crippen LogP contribution in [0.4, 0.5) is 8.78 Å². The molecule has 148 valence electrons. The Morgan fingerprint density at radius 3 is 2.68 bits per heavy atom. The van der Waals surface area contributed by atoms with Crippen LogP contribution in [-0.4, -0.2) is 35.9 Å². The average molecular weight is 423 g/mol. The molecule has 2 atom stereocenters. The number of hydrogen-bond donors (Lipinski definition) is 1. The maximum Gasteiger partial charge on any atom is 0.137 e. The molecule has 0 aliphatic heterocycles. The van der Waals surface area contributed by atoms with E-state index in [9.17, 15) is 13.9 Å². The molecule has 2 heterocycles. The zero-order valence-corrected chi connectivity index (χ0v) is 16.8. The fourth-order valence-electron chi connectivity index (χ4n) is 2.76. The van der Waals surface area contributed by atoms with Crippen molar-refractivity contribution < 1.29 is 13.9 Å². The number of benzene rings is 1. The summed E-state index contributed by atoms with van der Waals surface area (Å²) in [4.78, 5) is 7.86. The Kier molecular flexibility index (Phi) is 7.03. The van der Waals surface area contributed by atoms with E-state index in [2.05, 4.69) is 15.1 Å². The Labute approximate surface area is 170 Å². The van der Waals surface area contributed by atoms with Gasteiger partial charge in [-0.05, 0) is 49.2 Å². The quantitative estimate of drug-likeness (QED) is 0.417. The zero-order valence-electron chi connectivity index (χ0n) is 15.2. The molecule has 0 aliphatic carbocycles. The Hall–Kier alpha value is -1.97. The molecule has 0 fully saturated rings. The van der Waals surface area contributed by atoms with Crippen molar-refractivity contribution in [2.24, 2.45) is 0 Å². The first kappa shape index (κ1) is 20.8. The minimum atomic E-state index is -1.66. The van der Waals surface area contributed by atoms with Crippen molar-refractivity contribution in [3.63, 3.8) is 0 Å². The number of nitrogens with zero attached hydrogens (tertiary/aromatic N) is 4. The first-order chi connectivity index (χ1) is 13.5. The molecule has 9 heteroatoms. The standard InChI is InChI=1S/C19H20F2N4OS2/c1-14(28-27-9-6-15-4-7-22-8-5-15)19(26,11-25-13-23-12-24-25)17-10-16(20)2-3-18(17)21/h2-5,7-8,10,12-14,26H,6,9,11H2,1H3/t14-,19-/m1/s1. The summed E-state index contributed by atoms with van der Waals surface area (Å²) in [6, 6.07) is 7.03. The maximum atomic E-state index is 14.5. The van der Waals surface area contributed by atoms with Crippen LogP contribution < -0.4 is 0 Å². The van der Waals surface area contributed by atoms with Gasteiger partial charge in [0, 0.05) is 29.0 Å². The van der Waals surface area contributed by atoms with Gasteiger partial charge in [0.25, 0.3) is 0 Å². The molecule has 3 aromatic rings. The Morgan fingerprint density at radius 2 is 1.96 bits per heavy atom. The number of hydrogen-bond acceptors (Lipinski definition) is 6. The largest absolute Gasteiger partial charge is 0.382 e. The van der Waals surface area contributed by atoms with Gasteiger partial charge in [-0.1, -0.05) is 21.6 Å². The molecule has 0 radical (unpaired) electrons. The first-order valence-corrected chi connectivity index (χ1v) is 11.0. The van der Waals surface area contributed by atoms with Crippen molar-refractivity contribution >= 4 is 21.6 Å². The lowest BCUT2D eigenvalue weighted by molar-refractivity contribution is 0.0135. The summed E-state index contributed by atoms with van der Waals surface area (Å²) in [6.45, 7) is 1.76. The molecule has 0 amide bonds. The smallest absolute Gasteiger partial charge is 0.137 e. The molecule has 1 aromatic carbocycles. The van der Waals surface area contributed by atoms with Crippen LogP contribution in [0.3, 0.4) is 0 Å². The molecule has 0 saturated carbocycles. The predicted molar refractivity (Wildman–Crippen MR) is 108 cm³/mol. The molecule has 0 aliphatic rings. The average Bonchev–Trinajstić information content (AvgIpc) is 3.20. The van der Waals surface area contributed by atoms with E-state index in [0.717, 1.165) is 30.4 Å². The third kappa shape index (κ3) is 5.09. The van der Waals surface area contributed by atoms with Gasteiger partial charge >= 0.3 is 0 Å². The molecule has 5 nitrogen and oxygen atoms in total. The number of aromatic nitrogens is 4. The lowest BCUT2D eigenvalue weighted by Crippen LogP contribution is -2.41. The van der Waals surface area contributed by atoms with Crippen molar-refractivity contribution in [2.75, 3.05) is 5.75 Å². The summed E-state index contributed by atoms with van der Waals surface area (Å²) in [5, 5.41) is 15.0. The minimum Gasteiger partial charge on any atom is -0.382 e. The number of aryl methyl sites for hydroxylation is 1. The summed E-state index contributed by atoms with van der Waals surface area (Å²) in [7, 11) is 3.01. The SMILES string of the molecule is C[C@@H](SSCCc1ccncc1)[C@](O)(Cn1cncn1)c1cc(F)ccc1F. The number of pyridine rings is 1. The van der Waals surface area contributed by atoms with Crippen LogP contribution in [0.1, 0.15) is 18.1 Å². The third-order valence-corrected chi connectivity index (χ3v) is 7.33. The highest BCUT2D eigenvalue weighted by molar-refractivity contribution is 8.76. The Bertz CT molecular complexity index is 883. The highest BCUT2D eigenvalue weighted by atomic mass is 33.1. The summed E-state index contributed by atoms with van der Waals surface area (Å²) in [6.07, 6.45) is 7.13. The minimum absolute atomic E-state index is 0.0353. The molecule has 0 saturated heterocycles. The van der Waals surface area contributed by atoms with E-state index in [-0.39, 0.29) is 12.1 Å². The third-order valence-electron chi connectivity index (χ3n) is 4.37. The second-order valence-electron chi connectivity index (χ2n) is 6.31. The second-order valence-corrected chi connectivity index (χ2v) is 9.14. The van der Waals surface area contributed by atoms with E-state index in [1.54, 1.807) is 30.1 Å². The van der Waals surface area contributed by atoms with Crippen LogP contribution in [0, 0.1) is 11.6 Å². The molecule has 0 unspecified atom stereocenters. The summed E-state index contributed by atoms with van der Waals surface area (Å²) < 4.78 is 29.7. The van der Waals surface area contributed by atoms with Crippen molar-refractivity contribution in [1.82, 2.24) is 19.7 Å². The second kappa shape index (κ2) is 9.49. The lowest BCUT2D eigenvalue weighted by atomic mass is 9.90. The van der Waals surface area contributed by atoms with E-state index in [1.165, 1.54) is 33.7 Å². The molecule has 3 rings (SSSR count). The van der Waals surface area contributed by atoms with Crippen LogP contribution in [0.25, 0.3) is 0 Å². The Morgan fingerprint density at radius 1 is 1.18 bits per heavy atom. The van der Waals surface area contributed by atoms with Crippen molar-refractivity contribution in [2.45, 2.75) is 30.7 Å². The van der Waals surface area contributed by atoms with Gasteiger partial charge in [0.15, 0.2) is 0 Å². The van der Waals surface area contributed by atoms with Gasteiger partial charge < -0.3 is 5.11 Å². The Balaban J connectivity index is 1.73. The maximum absolute atomic E-state index is 14.5. The summed E-state index contributed by atoms with van der Waals surface area (Å²) in [5.74, 6) is -0.446. The van der Waals surface area contributed by atoms with Gasteiger partial charge in [-0.15, -0.1) is 0 Å². The highest BCUT2D eigenvalue weighted by Gasteiger charge is 2.40. The van der Waals surface area contributed by atoms with Crippen molar-refractivity contribution in [3.8, 4) is 0 Å². The summed E-state index contributed by atoms with van der Waals surface area (Å²) in [5.41, 5.74) is -0.573. The molecule has 28 heavy (non-hydrogen) atoms. The lowest BCUT2D eigenvalue weighted by Gasteiger charge is -2.34. The van der Waals surface area contributed by atoms with E-state index in [0.29, 0.717) is 0 Å². The number of halogens is 2. The van der Waals surface area contributed by atoms with Gasteiger partial charge in [-0.3, -0.25) is 4.98 Å². The van der Waals surface area contributed by atoms with Gasteiger partial charge in [0.05, 0.1) is 6.54 Å². The molecular weight excluding hydrogens is 402 g/mol. The van der Waals surface area contributed by atoms with Crippen LogP contribution >= 0.6 is 21.6 Å². The molecule has 1 N–H and O–H groups in total. The zero-order chi connectivity index (χ0) is 20.0. The van der Waals surface area contributed by atoms with E-state index in [4.69, 9.17) is 0 Å². The summed E-state index contributed by atoms with van der Waals surface area (Å²) >= 11 is 0. The monoisotopic (exact) mass is 422 g/mol. The van der Waals surface area contributed by atoms with E-state index >= 15 is 0 Å². The van der Waals surface area contributed by atoms with Gasteiger partial charge in [-0.25, -0.2) is 18.4 Å². The van der Waals surface area contributed by atoms with Crippen LogP contribution in [0.2, 0.25) is 0 Å². The van der Waals surface area contributed by atoms with Gasteiger partial charge in [0.1, 0.15) is 29.9 Å². The van der Waals surface area contributed by atoms with Crippen LogP contribution in [0.5, 0.6) is 0 Å².